The molecule has 7 nitrogen and oxygen atoms in total. The van der Waals surface area contributed by atoms with Crippen LogP contribution in [-0.2, 0) is 11.3 Å². The molecule has 0 spiro atoms. The highest BCUT2D eigenvalue weighted by molar-refractivity contribution is 5.79. The van der Waals surface area contributed by atoms with Gasteiger partial charge in [0.25, 0.3) is 0 Å². The normalized spacial score (nSPS) is 14.5. The number of piperidine rings is 1. The molecule has 2 aromatic carbocycles. The maximum absolute atomic E-state index is 12.6. The molecular weight excluding hydrogens is 380 g/mol. The number of rotatable bonds is 7. The molecule has 1 N–H and O–H groups in total. The van der Waals surface area contributed by atoms with Crippen molar-refractivity contribution in [1.29, 1.82) is 0 Å². The number of nitrogens with one attached hydrogen (secondary N) is 1. The fourth-order valence-corrected chi connectivity index (χ4v) is 3.62. The van der Waals surface area contributed by atoms with E-state index in [-0.39, 0.29) is 11.8 Å². The van der Waals surface area contributed by atoms with Crippen molar-refractivity contribution in [3.63, 3.8) is 0 Å². The van der Waals surface area contributed by atoms with Crippen LogP contribution in [0.1, 0.15) is 25.3 Å². The minimum absolute atomic E-state index is 0.00663. The molecule has 1 aromatic heterocycles. The first kappa shape index (κ1) is 19.9. The molecule has 7 heteroatoms. The molecule has 1 saturated heterocycles. The molecule has 1 fully saturated rings. The van der Waals surface area contributed by atoms with Gasteiger partial charge in [-0.2, -0.15) is 0 Å². The first-order chi connectivity index (χ1) is 14.7. The van der Waals surface area contributed by atoms with Crippen molar-refractivity contribution < 1.29 is 13.9 Å². The summed E-state index contributed by atoms with van der Waals surface area (Å²) in [6.45, 7) is 4.52. The number of aromatic nitrogens is 2. The summed E-state index contributed by atoms with van der Waals surface area (Å²) in [5.74, 6) is 1.42. The van der Waals surface area contributed by atoms with Crippen LogP contribution >= 0.6 is 0 Å². The summed E-state index contributed by atoms with van der Waals surface area (Å²) in [6.07, 6.45) is 1.52. The zero-order valence-electron chi connectivity index (χ0n) is 17.1. The van der Waals surface area contributed by atoms with Gasteiger partial charge in [-0.05, 0) is 49.6 Å². The Bertz CT molecular complexity index is 965. The van der Waals surface area contributed by atoms with Crippen LogP contribution in [0.3, 0.4) is 0 Å². The van der Waals surface area contributed by atoms with E-state index >= 15 is 0 Å². The minimum Gasteiger partial charge on any atom is -0.494 e. The van der Waals surface area contributed by atoms with Gasteiger partial charge in [0.15, 0.2) is 0 Å². The van der Waals surface area contributed by atoms with Crippen LogP contribution in [0.5, 0.6) is 5.75 Å². The Morgan fingerprint density at radius 1 is 1.13 bits per heavy atom. The second-order valence-corrected chi connectivity index (χ2v) is 7.32. The second-order valence-electron chi connectivity index (χ2n) is 7.32. The van der Waals surface area contributed by atoms with Gasteiger partial charge >= 0.3 is 6.01 Å². The zero-order chi connectivity index (χ0) is 20.8. The van der Waals surface area contributed by atoms with Gasteiger partial charge in [0.1, 0.15) is 5.75 Å². The molecular formula is C23H26N4O3. The lowest BCUT2D eigenvalue weighted by molar-refractivity contribution is -0.125. The Balaban J connectivity index is 1.28. The molecule has 0 aliphatic carbocycles. The van der Waals surface area contributed by atoms with Crippen LogP contribution in [-0.4, -0.2) is 35.8 Å². The first-order valence-electron chi connectivity index (χ1n) is 10.4. The van der Waals surface area contributed by atoms with E-state index in [9.17, 15) is 4.79 Å². The maximum atomic E-state index is 12.6. The molecule has 1 aliphatic heterocycles. The smallest absolute Gasteiger partial charge is 0.318 e. The van der Waals surface area contributed by atoms with Gasteiger partial charge in [0.2, 0.25) is 11.8 Å². The number of carbonyl (C=O) groups excluding carboxylic acids is 1. The third-order valence-electron chi connectivity index (χ3n) is 5.25. The molecule has 0 saturated carbocycles. The zero-order valence-corrected chi connectivity index (χ0v) is 17.1. The Kier molecular flexibility index (Phi) is 6.27. The number of ether oxygens (including phenoxy) is 1. The van der Waals surface area contributed by atoms with Gasteiger partial charge in [-0.15, -0.1) is 5.10 Å². The molecule has 3 aromatic rings. The molecule has 0 radical (unpaired) electrons. The number of amides is 1. The molecule has 0 bridgehead atoms. The van der Waals surface area contributed by atoms with Gasteiger partial charge in [-0.3, -0.25) is 4.79 Å². The Morgan fingerprint density at radius 3 is 2.70 bits per heavy atom. The van der Waals surface area contributed by atoms with Crippen LogP contribution < -0.4 is 15.0 Å². The minimum atomic E-state index is -0.00663. The number of hydrogen-bond donors (Lipinski definition) is 1. The predicted molar refractivity (Wildman–Crippen MR) is 114 cm³/mol. The van der Waals surface area contributed by atoms with Crippen molar-refractivity contribution >= 4 is 11.9 Å². The molecule has 0 atom stereocenters. The van der Waals surface area contributed by atoms with Gasteiger partial charge in [0.05, 0.1) is 6.61 Å². The lowest BCUT2D eigenvalue weighted by atomic mass is 9.96. The molecule has 156 valence electrons. The van der Waals surface area contributed by atoms with Crippen molar-refractivity contribution in [1.82, 2.24) is 15.5 Å². The van der Waals surface area contributed by atoms with Gasteiger partial charge in [-0.1, -0.05) is 35.4 Å². The summed E-state index contributed by atoms with van der Waals surface area (Å²) in [7, 11) is 0. The predicted octanol–water partition coefficient (Wildman–Crippen LogP) is 3.67. The highest BCUT2D eigenvalue weighted by Crippen LogP contribution is 2.26. The van der Waals surface area contributed by atoms with E-state index in [1.807, 2.05) is 61.5 Å². The van der Waals surface area contributed by atoms with E-state index in [2.05, 4.69) is 20.4 Å². The van der Waals surface area contributed by atoms with Crippen molar-refractivity contribution in [3.8, 4) is 17.2 Å². The summed E-state index contributed by atoms with van der Waals surface area (Å²) in [4.78, 5) is 14.7. The standard InChI is InChI=1S/C23H26N4O3/c1-2-29-20-10-6-7-17(15-20)16-24-21(28)18-11-13-27(14-12-18)23-26-25-22(30-23)19-8-4-3-5-9-19/h3-10,15,18H,2,11-14,16H2,1H3,(H,24,28). The van der Waals surface area contributed by atoms with E-state index < -0.39 is 0 Å². The Hall–Kier alpha value is -3.35. The molecule has 30 heavy (non-hydrogen) atoms. The van der Waals surface area contributed by atoms with Gasteiger partial charge < -0.3 is 19.4 Å². The van der Waals surface area contributed by atoms with Crippen molar-refractivity contribution in [2.75, 3.05) is 24.6 Å². The lowest BCUT2D eigenvalue weighted by Gasteiger charge is -2.29. The molecule has 1 aliphatic rings. The molecule has 1 amide bonds. The van der Waals surface area contributed by atoms with Gasteiger partial charge in [0, 0.05) is 31.1 Å². The SMILES string of the molecule is CCOc1cccc(CNC(=O)C2CCN(c3nnc(-c4ccccc4)o3)CC2)c1. The molecule has 4 rings (SSSR count). The number of nitrogens with zero attached hydrogens (tertiary/aromatic N) is 3. The number of benzene rings is 2. The third kappa shape index (κ3) is 4.79. The average Bonchev–Trinajstić information content (AvgIpc) is 3.29. The van der Waals surface area contributed by atoms with E-state index in [0.717, 1.165) is 29.7 Å². The van der Waals surface area contributed by atoms with Crippen molar-refractivity contribution in [2.45, 2.75) is 26.3 Å². The van der Waals surface area contributed by atoms with Gasteiger partial charge in [-0.25, -0.2) is 0 Å². The second kappa shape index (κ2) is 9.43. The summed E-state index contributed by atoms with van der Waals surface area (Å²) in [5, 5.41) is 11.4. The van der Waals surface area contributed by atoms with Crippen LogP contribution in [0.4, 0.5) is 6.01 Å². The van der Waals surface area contributed by atoms with Crippen LogP contribution in [0.25, 0.3) is 11.5 Å². The van der Waals surface area contributed by atoms with Crippen molar-refractivity contribution in [3.05, 3.63) is 60.2 Å². The summed E-state index contributed by atoms with van der Waals surface area (Å²) in [5.41, 5.74) is 1.94. The third-order valence-corrected chi connectivity index (χ3v) is 5.25. The first-order valence-corrected chi connectivity index (χ1v) is 10.4. The average molecular weight is 406 g/mol. The van der Waals surface area contributed by atoms with E-state index in [1.165, 1.54) is 0 Å². The quantitative estimate of drug-likeness (QED) is 0.645. The summed E-state index contributed by atoms with van der Waals surface area (Å²) >= 11 is 0. The number of hydrogen-bond acceptors (Lipinski definition) is 6. The Morgan fingerprint density at radius 2 is 1.93 bits per heavy atom. The fraction of sp³-hybridized carbons (Fsp3) is 0.348. The topological polar surface area (TPSA) is 80.5 Å². The van der Waals surface area contributed by atoms with E-state index in [4.69, 9.17) is 9.15 Å². The maximum Gasteiger partial charge on any atom is 0.318 e. The molecule has 0 unspecified atom stereocenters. The Labute approximate surface area is 176 Å². The fourth-order valence-electron chi connectivity index (χ4n) is 3.62. The highest BCUT2D eigenvalue weighted by Gasteiger charge is 2.27. The largest absolute Gasteiger partial charge is 0.494 e. The van der Waals surface area contributed by atoms with Crippen LogP contribution in [0, 0.1) is 5.92 Å². The van der Waals surface area contributed by atoms with Crippen LogP contribution in [0.15, 0.2) is 59.0 Å². The van der Waals surface area contributed by atoms with Crippen molar-refractivity contribution in [2.24, 2.45) is 5.92 Å². The molecule has 2 heterocycles. The highest BCUT2D eigenvalue weighted by atomic mass is 16.5. The van der Waals surface area contributed by atoms with E-state index in [0.29, 0.717) is 38.1 Å². The number of anilines is 1. The monoisotopic (exact) mass is 406 g/mol. The van der Waals surface area contributed by atoms with E-state index in [1.54, 1.807) is 0 Å². The summed E-state index contributed by atoms with van der Waals surface area (Å²) < 4.78 is 11.3. The number of carbonyl (C=O) groups is 1. The summed E-state index contributed by atoms with van der Waals surface area (Å²) in [6, 6.07) is 18.1. The van der Waals surface area contributed by atoms with Crippen LogP contribution in [0.2, 0.25) is 0 Å². The lowest BCUT2D eigenvalue weighted by Crippen LogP contribution is -2.40.